The highest BCUT2D eigenvalue weighted by atomic mass is 15.4. The Labute approximate surface area is 124 Å². The van der Waals surface area contributed by atoms with Gasteiger partial charge in [0.05, 0.1) is 0 Å². The largest absolute Gasteiger partial charge is 0.354 e. The van der Waals surface area contributed by atoms with Crippen molar-refractivity contribution in [2.75, 3.05) is 23.3 Å². The van der Waals surface area contributed by atoms with Crippen molar-refractivity contribution >= 4 is 11.9 Å². The van der Waals surface area contributed by atoms with Crippen molar-refractivity contribution < 1.29 is 0 Å². The van der Waals surface area contributed by atoms with E-state index in [9.17, 15) is 0 Å². The molecular formula is C14H21N7. The van der Waals surface area contributed by atoms with Crippen LogP contribution in [0, 0.1) is 0 Å². The van der Waals surface area contributed by atoms with E-state index in [1.54, 1.807) is 10.9 Å². The molecule has 0 spiro atoms. The van der Waals surface area contributed by atoms with E-state index in [1.807, 2.05) is 19.2 Å². The second kappa shape index (κ2) is 6.07. The average Bonchev–Trinajstić information content (AvgIpc) is 3.02. The maximum atomic E-state index is 4.60. The Kier molecular flexibility index (Phi) is 3.98. The van der Waals surface area contributed by atoms with Gasteiger partial charge in [-0.2, -0.15) is 20.1 Å². The van der Waals surface area contributed by atoms with Gasteiger partial charge in [-0.25, -0.2) is 4.68 Å². The van der Waals surface area contributed by atoms with Crippen molar-refractivity contribution in [2.45, 2.75) is 39.2 Å². The second-order valence-corrected chi connectivity index (χ2v) is 5.28. The molecule has 0 radical (unpaired) electrons. The molecule has 7 nitrogen and oxygen atoms in total. The molecule has 1 atom stereocenters. The highest BCUT2D eigenvalue weighted by molar-refractivity contribution is 5.41. The number of piperidine rings is 1. The minimum atomic E-state index is 0.459. The number of nitrogens with one attached hydrogen (secondary N) is 1. The van der Waals surface area contributed by atoms with Crippen LogP contribution in [0.15, 0.2) is 18.5 Å². The summed E-state index contributed by atoms with van der Waals surface area (Å²) in [5.41, 5.74) is 0. The van der Waals surface area contributed by atoms with Gasteiger partial charge in [0, 0.05) is 31.5 Å². The summed E-state index contributed by atoms with van der Waals surface area (Å²) < 4.78 is 1.67. The van der Waals surface area contributed by atoms with Gasteiger partial charge in [0.15, 0.2) is 0 Å². The van der Waals surface area contributed by atoms with Gasteiger partial charge in [-0.3, -0.25) is 0 Å². The Morgan fingerprint density at radius 1 is 1.24 bits per heavy atom. The summed E-state index contributed by atoms with van der Waals surface area (Å²) in [6.07, 6.45) is 7.20. The maximum Gasteiger partial charge on any atom is 0.257 e. The zero-order chi connectivity index (χ0) is 14.7. The van der Waals surface area contributed by atoms with Crippen molar-refractivity contribution in [1.29, 1.82) is 0 Å². The molecule has 0 saturated carbocycles. The Balaban J connectivity index is 1.98. The molecule has 21 heavy (non-hydrogen) atoms. The molecule has 1 unspecified atom stereocenters. The monoisotopic (exact) mass is 287 g/mol. The molecule has 3 heterocycles. The summed E-state index contributed by atoms with van der Waals surface area (Å²) >= 11 is 0. The first-order valence-corrected chi connectivity index (χ1v) is 7.54. The lowest BCUT2D eigenvalue weighted by molar-refractivity contribution is 0.476. The van der Waals surface area contributed by atoms with Gasteiger partial charge in [0.1, 0.15) is 0 Å². The van der Waals surface area contributed by atoms with Gasteiger partial charge < -0.3 is 10.2 Å². The normalized spacial score (nSPS) is 18.8. The molecule has 1 N–H and O–H groups in total. The molecule has 1 fully saturated rings. The van der Waals surface area contributed by atoms with Gasteiger partial charge in [-0.15, -0.1) is 0 Å². The van der Waals surface area contributed by atoms with Crippen molar-refractivity contribution in [3.63, 3.8) is 0 Å². The molecular weight excluding hydrogens is 266 g/mol. The predicted octanol–water partition coefficient (Wildman–Crippen LogP) is 1.87. The zero-order valence-corrected chi connectivity index (χ0v) is 12.5. The number of aromatic nitrogens is 5. The number of anilines is 2. The van der Waals surface area contributed by atoms with E-state index in [0.717, 1.165) is 19.0 Å². The molecule has 0 amide bonds. The Morgan fingerprint density at radius 2 is 2.10 bits per heavy atom. The molecule has 1 aliphatic rings. The number of hydrogen-bond acceptors (Lipinski definition) is 6. The SMILES string of the molecule is CCNc1nc(N2CCCCC2C)nc(-n2cccn2)n1. The summed E-state index contributed by atoms with van der Waals surface area (Å²) in [7, 11) is 0. The molecule has 0 aromatic carbocycles. The van der Waals surface area contributed by atoms with Crippen LogP contribution >= 0.6 is 0 Å². The fourth-order valence-corrected chi connectivity index (χ4v) is 2.60. The molecule has 7 heteroatoms. The minimum absolute atomic E-state index is 0.459. The molecule has 0 aliphatic carbocycles. The van der Waals surface area contributed by atoms with Crippen LogP contribution < -0.4 is 10.2 Å². The van der Waals surface area contributed by atoms with Crippen LogP contribution in [-0.2, 0) is 0 Å². The summed E-state index contributed by atoms with van der Waals surface area (Å²) in [5.74, 6) is 1.89. The third-order valence-corrected chi connectivity index (χ3v) is 3.72. The van der Waals surface area contributed by atoms with Gasteiger partial charge in [-0.05, 0) is 39.2 Å². The maximum absolute atomic E-state index is 4.60. The van der Waals surface area contributed by atoms with Crippen LogP contribution in [-0.4, -0.2) is 43.9 Å². The second-order valence-electron chi connectivity index (χ2n) is 5.28. The van der Waals surface area contributed by atoms with Crippen LogP contribution in [0.5, 0.6) is 0 Å². The lowest BCUT2D eigenvalue weighted by Gasteiger charge is -2.33. The number of hydrogen-bond donors (Lipinski definition) is 1. The Hall–Kier alpha value is -2.18. The first kappa shape index (κ1) is 13.8. The van der Waals surface area contributed by atoms with Crippen LogP contribution in [0.2, 0.25) is 0 Å². The highest BCUT2D eigenvalue weighted by Gasteiger charge is 2.22. The van der Waals surface area contributed by atoms with Crippen molar-refractivity contribution in [3.8, 4) is 5.95 Å². The van der Waals surface area contributed by atoms with Gasteiger partial charge in [-0.1, -0.05) is 0 Å². The third kappa shape index (κ3) is 2.96. The quantitative estimate of drug-likeness (QED) is 0.925. The van der Waals surface area contributed by atoms with Crippen LogP contribution in [0.1, 0.15) is 33.1 Å². The average molecular weight is 287 g/mol. The summed E-state index contributed by atoms with van der Waals surface area (Å²) in [6.45, 7) is 6.02. The van der Waals surface area contributed by atoms with Crippen LogP contribution in [0.3, 0.4) is 0 Å². The number of rotatable bonds is 4. The molecule has 112 valence electrons. The van der Waals surface area contributed by atoms with Gasteiger partial charge in [0.2, 0.25) is 11.9 Å². The summed E-state index contributed by atoms with van der Waals surface area (Å²) in [4.78, 5) is 15.8. The molecule has 1 saturated heterocycles. The molecule has 0 bridgehead atoms. The lowest BCUT2D eigenvalue weighted by Crippen LogP contribution is -2.39. The molecule has 3 rings (SSSR count). The zero-order valence-electron chi connectivity index (χ0n) is 12.5. The molecule has 1 aliphatic heterocycles. The van der Waals surface area contributed by atoms with Gasteiger partial charge in [0.25, 0.3) is 5.95 Å². The van der Waals surface area contributed by atoms with Crippen molar-refractivity contribution in [3.05, 3.63) is 18.5 Å². The fourth-order valence-electron chi connectivity index (χ4n) is 2.60. The first-order valence-electron chi connectivity index (χ1n) is 7.54. The van der Waals surface area contributed by atoms with E-state index in [0.29, 0.717) is 17.9 Å². The topological polar surface area (TPSA) is 71.8 Å². The fraction of sp³-hybridized carbons (Fsp3) is 0.571. The molecule has 2 aromatic heterocycles. The van der Waals surface area contributed by atoms with Crippen molar-refractivity contribution in [1.82, 2.24) is 24.7 Å². The first-order chi connectivity index (χ1) is 10.3. The van der Waals surface area contributed by atoms with E-state index in [-0.39, 0.29) is 0 Å². The molecule has 2 aromatic rings. The van der Waals surface area contributed by atoms with E-state index in [4.69, 9.17) is 0 Å². The Bertz CT molecular complexity index is 581. The van der Waals surface area contributed by atoms with E-state index >= 15 is 0 Å². The van der Waals surface area contributed by atoms with Crippen LogP contribution in [0.25, 0.3) is 5.95 Å². The van der Waals surface area contributed by atoms with E-state index in [1.165, 1.54) is 19.3 Å². The highest BCUT2D eigenvalue weighted by Crippen LogP contribution is 2.22. The smallest absolute Gasteiger partial charge is 0.257 e. The van der Waals surface area contributed by atoms with Gasteiger partial charge >= 0.3 is 0 Å². The third-order valence-electron chi connectivity index (χ3n) is 3.72. The summed E-state index contributed by atoms with van der Waals surface area (Å²) in [5, 5.41) is 7.38. The van der Waals surface area contributed by atoms with E-state index in [2.05, 4.69) is 37.2 Å². The van der Waals surface area contributed by atoms with Crippen LogP contribution in [0.4, 0.5) is 11.9 Å². The van der Waals surface area contributed by atoms with Crippen molar-refractivity contribution in [2.24, 2.45) is 0 Å². The van der Waals surface area contributed by atoms with E-state index < -0.39 is 0 Å². The summed E-state index contributed by atoms with van der Waals surface area (Å²) in [6, 6.07) is 2.32. The Morgan fingerprint density at radius 3 is 2.81 bits per heavy atom. The predicted molar refractivity (Wildman–Crippen MR) is 81.8 cm³/mol. The lowest BCUT2D eigenvalue weighted by atomic mass is 10.0. The minimum Gasteiger partial charge on any atom is -0.354 e. The standard InChI is InChI=1S/C14H21N7/c1-3-15-12-17-13(20-9-5-4-7-11(20)2)19-14(18-12)21-10-6-8-16-21/h6,8,10-11H,3-5,7,9H2,1-2H3,(H,15,17,18,19). The number of nitrogens with zero attached hydrogens (tertiary/aromatic N) is 6.